The molecule has 0 bridgehead atoms. The maximum Gasteiger partial charge on any atom is 0.291 e. The van der Waals surface area contributed by atoms with Crippen molar-refractivity contribution < 1.29 is 18.9 Å². The van der Waals surface area contributed by atoms with Crippen molar-refractivity contribution >= 4 is 49.1 Å². The van der Waals surface area contributed by atoms with Crippen molar-refractivity contribution in [3.05, 3.63) is 84.7 Å². The highest BCUT2D eigenvalue weighted by molar-refractivity contribution is 9.11. The number of anilines is 1. The first kappa shape index (κ1) is 22.0. The van der Waals surface area contributed by atoms with E-state index >= 15 is 0 Å². The number of non-ortho nitro benzene ring substituents is 1. The minimum absolute atomic E-state index is 0.0981. The van der Waals surface area contributed by atoms with Crippen molar-refractivity contribution in [3.8, 4) is 5.75 Å². The van der Waals surface area contributed by atoms with Crippen LogP contribution in [0.4, 0.5) is 11.4 Å². The number of nitrogens with one attached hydrogen (secondary N) is 1. The second-order valence-electron chi connectivity index (χ2n) is 6.77. The number of carbonyl (C=O) groups is 1. The van der Waals surface area contributed by atoms with Crippen molar-refractivity contribution in [2.24, 2.45) is 0 Å². The second kappa shape index (κ2) is 9.44. The number of furan rings is 1. The van der Waals surface area contributed by atoms with E-state index in [0.717, 1.165) is 0 Å². The Kier molecular flexibility index (Phi) is 6.94. The van der Waals surface area contributed by atoms with Gasteiger partial charge in [-0.25, -0.2) is 0 Å². The van der Waals surface area contributed by atoms with E-state index < -0.39 is 10.8 Å². The fraction of sp³-hybridized carbons (Fsp3) is 0.190. The molecule has 0 aliphatic carbocycles. The average Bonchev–Trinajstić information content (AvgIpc) is 3.18. The fourth-order valence-corrected chi connectivity index (χ4v) is 4.00. The summed E-state index contributed by atoms with van der Waals surface area (Å²) in [5.74, 6) is 1.26. The van der Waals surface area contributed by atoms with E-state index in [9.17, 15) is 14.9 Å². The lowest BCUT2D eigenvalue weighted by atomic mass is 10.0. The maximum atomic E-state index is 12.5. The Morgan fingerprint density at radius 3 is 2.33 bits per heavy atom. The van der Waals surface area contributed by atoms with Crippen LogP contribution in [0.3, 0.4) is 0 Å². The molecule has 7 nitrogen and oxygen atoms in total. The molecule has 3 rings (SSSR count). The van der Waals surface area contributed by atoms with Gasteiger partial charge in [0.2, 0.25) is 0 Å². The van der Waals surface area contributed by atoms with Crippen molar-refractivity contribution in [2.45, 2.75) is 26.4 Å². The molecule has 1 aromatic heterocycles. The smallest absolute Gasteiger partial charge is 0.291 e. The Bertz CT molecular complexity index is 1050. The minimum atomic E-state index is -0.518. The van der Waals surface area contributed by atoms with Crippen LogP contribution in [0, 0.1) is 10.1 Å². The molecule has 0 aliphatic heterocycles. The zero-order valence-electron chi connectivity index (χ0n) is 16.1. The number of ether oxygens (including phenoxy) is 1. The number of hydrogen-bond donors (Lipinski definition) is 1. The molecule has 0 fully saturated rings. The maximum absolute atomic E-state index is 12.5. The normalized spacial score (nSPS) is 10.8. The van der Waals surface area contributed by atoms with Gasteiger partial charge in [0.1, 0.15) is 18.1 Å². The zero-order chi connectivity index (χ0) is 21.8. The second-order valence-corrected chi connectivity index (χ2v) is 8.48. The summed E-state index contributed by atoms with van der Waals surface area (Å²) in [4.78, 5) is 22.9. The number of nitro benzene ring substituents is 1. The van der Waals surface area contributed by atoms with Crippen LogP contribution in [0.15, 0.2) is 61.9 Å². The Balaban J connectivity index is 1.64. The molecule has 0 unspecified atom stereocenters. The molecule has 1 N–H and O–H groups in total. The van der Waals surface area contributed by atoms with Crippen molar-refractivity contribution in [1.82, 2.24) is 0 Å². The SMILES string of the molecule is CC(C)c1ccc(OCc2ccc(C(=O)Nc3c(Br)cc([N+](=O)[O-])cc3Br)o2)cc1. The van der Waals surface area contributed by atoms with Crippen LogP contribution in [0.5, 0.6) is 5.75 Å². The van der Waals surface area contributed by atoms with E-state index in [1.807, 2.05) is 24.3 Å². The van der Waals surface area contributed by atoms with Gasteiger partial charge in [-0.2, -0.15) is 0 Å². The van der Waals surface area contributed by atoms with E-state index in [4.69, 9.17) is 9.15 Å². The van der Waals surface area contributed by atoms with Gasteiger partial charge in [0, 0.05) is 21.1 Å². The lowest BCUT2D eigenvalue weighted by molar-refractivity contribution is -0.385. The number of nitrogens with zero attached hydrogens (tertiary/aromatic N) is 1. The number of hydrogen-bond acceptors (Lipinski definition) is 5. The molecule has 0 saturated carbocycles. The van der Waals surface area contributed by atoms with E-state index in [1.54, 1.807) is 12.1 Å². The molecule has 0 spiro atoms. The van der Waals surface area contributed by atoms with Gasteiger partial charge < -0.3 is 14.5 Å². The van der Waals surface area contributed by atoms with Gasteiger partial charge in [0.05, 0.1) is 10.6 Å². The van der Waals surface area contributed by atoms with E-state index in [2.05, 4.69) is 51.0 Å². The third-order valence-electron chi connectivity index (χ3n) is 4.29. The van der Waals surface area contributed by atoms with Crippen LogP contribution in [0.1, 0.15) is 41.6 Å². The number of carbonyl (C=O) groups excluding carboxylic acids is 1. The van der Waals surface area contributed by atoms with E-state index in [1.165, 1.54) is 17.7 Å². The summed E-state index contributed by atoms with van der Waals surface area (Å²) < 4.78 is 12.0. The highest BCUT2D eigenvalue weighted by atomic mass is 79.9. The van der Waals surface area contributed by atoms with Gasteiger partial charge in [0.25, 0.3) is 11.6 Å². The largest absolute Gasteiger partial charge is 0.486 e. The predicted octanol–water partition coefficient (Wildman–Crippen LogP) is 6.67. The Hall–Kier alpha value is -2.65. The lowest BCUT2D eigenvalue weighted by Gasteiger charge is -2.09. The minimum Gasteiger partial charge on any atom is -0.486 e. The van der Waals surface area contributed by atoms with Crippen LogP contribution in [-0.2, 0) is 6.61 Å². The predicted molar refractivity (Wildman–Crippen MR) is 120 cm³/mol. The van der Waals surface area contributed by atoms with E-state index in [0.29, 0.717) is 32.1 Å². The summed E-state index contributed by atoms with van der Waals surface area (Å²) in [6.07, 6.45) is 0. The van der Waals surface area contributed by atoms with Crippen LogP contribution in [0.2, 0.25) is 0 Å². The van der Waals surface area contributed by atoms with Gasteiger partial charge in [0.15, 0.2) is 5.76 Å². The third-order valence-corrected chi connectivity index (χ3v) is 5.54. The molecule has 2 aromatic carbocycles. The summed E-state index contributed by atoms with van der Waals surface area (Å²) in [7, 11) is 0. The first-order valence-electron chi connectivity index (χ1n) is 9.01. The number of rotatable bonds is 7. The average molecular weight is 538 g/mol. The molecular weight excluding hydrogens is 520 g/mol. The van der Waals surface area contributed by atoms with Crippen LogP contribution < -0.4 is 10.1 Å². The van der Waals surface area contributed by atoms with Crippen LogP contribution in [0.25, 0.3) is 0 Å². The van der Waals surface area contributed by atoms with Gasteiger partial charge in [-0.3, -0.25) is 14.9 Å². The van der Waals surface area contributed by atoms with Crippen molar-refractivity contribution in [3.63, 3.8) is 0 Å². The summed E-state index contributed by atoms with van der Waals surface area (Å²) in [5, 5.41) is 13.6. The van der Waals surface area contributed by atoms with Crippen LogP contribution in [-0.4, -0.2) is 10.8 Å². The fourth-order valence-electron chi connectivity index (χ4n) is 2.64. The molecule has 9 heteroatoms. The summed E-state index contributed by atoms with van der Waals surface area (Å²) in [6.45, 7) is 4.43. The number of amides is 1. The first-order valence-corrected chi connectivity index (χ1v) is 10.6. The molecule has 1 amide bonds. The number of halogens is 2. The monoisotopic (exact) mass is 536 g/mol. The molecule has 156 valence electrons. The van der Waals surface area contributed by atoms with E-state index in [-0.39, 0.29) is 18.1 Å². The molecule has 0 atom stereocenters. The van der Waals surface area contributed by atoms with Crippen molar-refractivity contribution in [2.75, 3.05) is 5.32 Å². The van der Waals surface area contributed by atoms with Crippen LogP contribution >= 0.6 is 31.9 Å². The molecule has 3 aromatic rings. The first-order chi connectivity index (χ1) is 14.2. The molecule has 1 heterocycles. The third kappa shape index (κ3) is 5.28. The standard InChI is InChI=1S/C21H18Br2N2O5/c1-12(2)13-3-5-15(6-4-13)29-11-16-7-8-19(30-16)21(26)24-20-17(22)9-14(25(27)28)10-18(20)23/h3-10,12H,11H2,1-2H3,(H,24,26). The Morgan fingerprint density at radius 1 is 1.13 bits per heavy atom. The van der Waals surface area contributed by atoms with Gasteiger partial charge in [-0.1, -0.05) is 26.0 Å². The summed E-state index contributed by atoms with van der Waals surface area (Å²) >= 11 is 6.47. The highest BCUT2D eigenvalue weighted by Gasteiger charge is 2.18. The Morgan fingerprint density at radius 2 is 1.77 bits per heavy atom. The molecule has 0 radical (unpaired) electrons. The van der Waals surface area contributed by atoms with Gasteiger partial charge >= 0.3 is 0 Å². The Labute approximate surface area is 189 Å². The molecule has 30 heavy (non-hydrogen) atoms. The summed E-state index contributed by atoms with van der Waals surface area (Å²) in [6, 6.07) is 13.7. The quantitative estimate of drug-likeness (QED) is 0.268. The molecule has 0 saturated heterocycles. The van der Waals surface area contributed by atoms with Gasteiger partial charge in [-0.05, 0) is 67.6 Å². The number of nitro groups is 1. The summed E-state index contributed by atoms with van der Waals surface area (Å²) in [5.41, 5.74) is 1.48. The lowest BCUT2D eigenvalue weighted by Crippen LogP contribution is -2.12. The number of benzene rings is 2. The topological polar surface area (TPSA) is 94.6 Å². The highest BCUT2D eigenvalue weighted by Crippen LogP contribution is 2.35. The van der Waals surface area contributed by atoms with Gasteiger partial charge in [-0.15, -0.1) is 0 Å². The molecule has 0 aliphatic rings. The van der Waals surface area contributed by atoms with Crippen molar-refractivity contribution in [1.29, 1.82) is 0 Å². The molecular formula is C21H18Br2N2O5. The zero-order valence-corrected chi connectivity index (χ0v) is 19.3.